The molecule has 46 heavy (non-hydrogen) atoms. The molecule has 0 bridgehead atoms. The number of nitrogens with two attached hydrogens (primary N) is 1. The fraction of sp³-hybridized carbons (Fsp3) is 0. The standard InChI is InChI=1S/C30H22N6O7S.2Na/c31-19-9-14-24(25(15-19)32-29(38)30(39)40)35-33-20-10-5-17(6-11-20)18-7-12-21(13-8-18)34-36-26-16-27(44(41,42)43)22-3-1-2-4-23(22)28(26)37;;/h1-16,37H,31H2,(H,32,38)(H,39,40)(H,41,42,43);;/q;2*+1/p-2. The first-order valence-corrected chi connectivity index (χ1v) is 14.1. The molecule has 0 aliphatic rings. The summed E-state index contributed by atoms with van der Waals surface area (Å²) in [6.07, 6.45) is 0. The van der Waals surface area contributed by atoms with Gasteiger partial charge in [-0.1, -0.05) is 54.3 Å². The molecule has 220 valence electrons. The minimum absolute atomic E-state index is 0. The van der Waals surface area contributed by atoms with Crippen molar-refractivity contribution < 1.29 is 91.9 Å². The molecule has 5 aromatic rings. The maximum Gasteiger partial charge on any atom is 1.00 e. The van der Waals surface area contributed by atoms with Crippen LogP contribution in [0.2, 0.25) is 0 Å². The van der Waals surface area contributed by atoms with Gasteiger partial charge < -0.3 is 26.1 Å². The number of hydrogen-bond acceptors (Lipinski definition) is 11. The molecule has 0 heterocycles. The number of carboxylic acid groups (broad SMARTS) is 1. The van der Waals surface area contributed by atoms with Crippen LogP contribution in [0.3, 0.4) is 0 Å². The number of carbonyl (C=O) groups excluding carboxylic acids is 2. The molecule has 0 aromatic heterocycles. The third-order valence-corrected chi connectivity index (χ3v) is 7.18. The number of rotatable bonds is 7. The average molecular weight is 655 g/mol. The SMILES string of the molecule is Nc1ccc(N=Nc2ccc(-c3ccc(N=Nc4cc(S(=O)(=O)O)c5ccccc5c4[O-])cc3)cc2)c(NC(=O)C(=O)[O-])c1.[Na+].[Na+]. The van der Waals surface area contributed by atoms with E-state index < -0.39 is 32.6 Å². The summed E-state index contributed by atoms with van der Waals surface area (Å²) in [5.74, 6) is -3.78. The maximum absolute atomic E-state index is 12.8. The number of nitrogen functional groups attached to an aromatic ring is 1. The van der Waals surface area contributed by atoms with Crippen molar-refractivity contribution in [2.45, 2.75) is 4.90 Å². The summed E-state index contributed by atoms with van der Waals surface area (Å²) in [5, 5.41) is 42.2. The topological polar surface area (TPSA) is 222 Å². The number of fused-ring (bicyclic) bond motifs is 1. The number of carboxylic acids is 1. The van der Waals surface area contributed by atoms with Crippen LogP contribution >= 0.6 is 0 Å². The van der Waals surface area contributed by atoms with Crippen molar-refractivity contribution in [3.05, 3.63) is 97.1 Å². The van der Waals surface area contributed by atoms with E-state index in [2.05, 4.69) is 25.8 Å². The van der Waals surface area contributed by atoms with Crippen LogP contribution in [-0.2, 0) is 19.7 Å². The van der Waals surface area contributed by atoms with E-state index in [1.807, 2.05) is 0 Å². The molecule has 0 fully saturated rings. The van der Waals surface area contributed by atoms with Crippen molar-refractivity contribution in [2.24, 2.45) is 20.5 Å². The molecule has 0 saturated heterocycles. The summed E-state index contributed by atoms with van der Waals surface area (Å²) < 4.78 is 33.4. The Labute approximate surface area is 306 Å². The first-order valence-electron chi connectivity index (χ1n) is 12.7. The molecular formula is C30H20N6Na2O7S. The van der Waals surface area contributed by atoms with Gasteiger partial charge in [0, 0.05) is 11.1 Å². The van der Waals surface area contributed by atoms with E-state index in [0.717, 1.165) is 17.2 Å². The van der Waals surface area contributed by atoms with E-state index >= 15 is 0 Å². The van der Waals surface area contributed by atoms with Crippen molar-refractivity contribution in [1.29, 1.82) is 0 Å². The zero-order chi connectivity index (χ0) is 31.4. The van der Waals surface area contributed by atoms with Crippen LogP contribution in [0.15, 0.2) is 122 Å². The molecule has 0 aliphatic heterocycles. The minimum atomic E-state index is -4.61. The predicted molar refractivity (Wildman–Crippen MR) is 158 cm³/mol. The Kier molecular flexibility index (Phi) is 12.3. The summed E-state index contributed by atoms with van der Waals surface area (Å²) >= 11 is 0. The van der Waals surface area contributed by atoms with Crippen LogP contribution in [0.4, 0.5) is 34.1 Å². The third-order valence-electron chi connectivity index (χ3n) is 6.28. The maximum atomic E-state index is 12.8. The Balaban J connectivity index is 0.00000288. The normalized spacial score (nSPS) is 11.2. The van der Waals surface area contributed by atoms with Crippen molar-refractivity contribution in [3.8, 4) is 16.9 Å². The number of hydrogen-bond donors (Lipinski definition) is 3. The molecule has 0 radical (unpaired) electrons. The van der Waals surface area contributed by atoms with Gasteiger partial charge in [0.2, 0.25) is 0 Å². The Morgan fingerprint density at radius 3 is 1.76 bits per heavy atom. The monoisotopic (exact) mass is 654 g/mol. The van der Waals surface area contributed by atoms with Gasteiger partial charge in [-0.25, -0.2) is 0 Å². The fourth-order valence-corrected chi connectivity index (χ4v) is 4.88. The number of nitrogens with one attached hydrogen (secondary N) is 1. The van der Waals surface area contributed by atoms with Crippen LogP contribution in [0.5, 0.6) is 5.75 Å². The number of aliphatic carboxylic acids is 1. The molecule has 4 N–H and O–H groups in total. The van der Waals surface area contributed by atoms with Gasteiger partial charge in [-0.15, -0.1) is 5.11 Å². The zero-order valence-corrected chi connectivity index (χ0v) is 29.2. The largest absolute Gasteiger partial charge is 1.00 e. The number of anilines is 2. The Morgan fingerprint density at radius 2 is 1.24 bits per heavy atom. The Hall–Kier alpha value is -3.99. The second-order valence-corrected chi connectivity index (χ2v) is 10.6. The number of azo groups is 2. The van der Waals surface area contributed by atoms with Gasteiger partial charge in [0.1, 0.15) is 16.6 Å². The molecule has 16 heteroatoms. The fourth-order valence-electron chi connectivity index (χ4n) is 4.17. The van der Waals surface area contributed by atoms with Crippen molar-refractivity contribution in [3.63, 3.8) is 0 Å². The second-order valence-electron chi connectivity index (χ2n) is 9.26. The van der Waals surface area contributed by atoms with Gasteiger partial charge in [0.25, 0.3) is 16.0 Å². The number of amides is 1. The summed E-state index contributed by atoms with van der Waals surface area (Å²) in [4.78, 5) is 21.8. The van der Waals surface area contributed by atoms with Gasteiger partial charge in [-0.05, 0) is 65.0 Å². The molecule has 0 spiro atoms. The average Bonchev–Trinajstić information content (AvgIpc) is 3.00. The van der Waals surface area contributed by atoms with Gasteiger partial charge in [0.05, 0.1) is 22.7 Å². The van der Waals surface area contributed by atoms with Crippen molar-refractivity contribution in [1.82, 2.24) is 0 Å². The van der Waals surface area contributed by atoms with Gasteiger partial charge in [0.15, 0.2) is 0 Å². The van der Waals surface area contributed by atoms with Crippen molar-refractivity contribution >= 4 is 66.9 Å². The van der Waals surface area contributed by atoms with Crippen LogP contribution in [0.25, 0.3) is 21.9 Å². The number of nitrogens with zero attached hydrogens (tertiary/aromatic N) is 4. The summed E-state index contributed by atoms with van der Waals surface area (Å²) in [7, 11) is -4.61. The van der Waals surface area contributed by atoms with E-state index in [1.165, 1.54) is 30.3 Å². The molecule has 13 nitrogen and oxygen atoms in total. The van der Waals surface area contributed by atoms with Gasteiger partial charge in [-0.2, -0.15) is 23.8 Å². The molecule has 0 aliphatic carbocycles. The molecule has 5 rings (SSSR count). The van der Waals surface area contributed by atoms with E-state index in [1.54, 1.807) is 60.7 Å². The minimum Gasteiger partial charge on any atom is -0.871 e. The van der Waals surface area contributed by atoms with E-state index in [9.17, 15) is 32.8 Å². The quantitative estimate of drug-likeness (QED) is 0.0643. The van der Waals surface area contributed by atoms with Gasteiger partial charge >= 0.3 is 59.1 Å². The first kappa shape index (κ1) is 36.5. The molecular weight excluding hydrogens is 634 g/mol. The Bertz CT molecular complexity index is 2090. The third kappa shape index (κ3) is 8.63. The zero-order valence-electron chi connectivity index (χ0n) is 24.4. The van der Waals surface area contributed by atoms with Crippen LogP contribution in [0, 0.1) is 0 Å². The smallest absolute Gasteiger partial charge is 0.871 e. The first-order chi connectivity index (χ1) is 21.0. The second kappa shape index (κ2) is 15.5. The van der Waals surface area contributed by atoms with Crippen LogP contribution in [0.1, 0.15) is 0 Å². The summed E-state index contributed by atoms with van der Waals surface area (Å²) in [5.41, 5.74) is 8.52. The van der Waals surface area contributed by atoms with E-state index in [0.29, 0.717) is 11.4 Å². The Morgan fingerprint density at radius 1 is 0.717 bits per heavy atom. The molecule has 5 aromatic carbocycles. The summed E-state index contributed by atoms with van der Waals surface area (Å²) in [6, 6.07) is 25.2. The molecule has 1 amide bonds. The van der Waals surface area contributed by atoms with Gasteiger partial charge in [-0.3, -0.25) is 9.35 Å². The molecule has 0 atom stereocenters. The van der Waals surface area contributed by atoms with Crippen molar-refractivity contribution in [2.75, 3.05) is 11.1 Å². The predicted octanol–water partition coefficient (Wildman–Crippen LogP) is -1.06. The number of carbonyl (C=O) groups is 2. The summed E-state index contributed by atoms with van der Waals surface area (Å²) in [6.45, 7) is 0. The van der Waals surface area contributed by atoms with E-state index in [-0.39, 0.29) is 92.6 Å². The molecule has 0 unspecified atom stereocenters. The van der Waals surface area contributed by atoms with Crippen LogP contribution in [-0.4, -0.2) is 24.8 Å². The van der Waals surface area contributed by atoms with Crippen LogP contribution < -0.4 is 80.4 Å². The molecule has 0 saturated carbocycles. The van der Waals surface area contributed by atoms with E-state index in [4.69, 9.17) is 5.73 Å². The number of benzene rings is 5.